The summed E-state index contributed by atoms with van der Waals surface area (Å²) in [4.78, 5) is 8.55. The van der Waals surface area contributed by atoms with Gasteiger partial charge in [0.15, 0.2) is 5.82 Å². The third kappa shape index (κ3) is 3.40. The molecule has 162 valence electrons. The van der Waals surface area contributed by atoms with E-state index in [0.717, 1.165) is 44.2 Å². The van der Waals surface area contributed by atoms with Crippen molar-refractivity contribution in [1.82, 2.24) is 14.5 Å². The van der Waals surface area contributed by atoms with Gasteiger partial charge in [0.05, 0.1) is 27.8 Å². The number of hydrogen-bond donors (Lipinski definition) is 0. The maximum absolute atomic E-state index is 10.1. The van der Waals surface area contributed by atoms with E-state index in [1.165, 1.54) is 12.4 Å². The Labute approximate surface area is 201 Å². The summed E-state index contributed by atoms with van der Waals surface area (Å²) in [5.74, 6) is 0.474. The van der Waals surface area contributed by atoms with E-state index in [0.29, 0.717) is 17.0 Å². The van der Waals surface area contributed by atoms with Crippen molar-refractivity contribution in [3.8, 4) is 40.3 Å². The molecule has 0 atom stereocenters. The van der Waals surface area contributed by atoms with Crippen LogP contribution in [0.5, 0.6) is 0 Å². The molecule has 0 radical (unpaired) electrons. The Kier molecular flexibility index (Phi) is 4.80. The molecule has 5 heteroatoms. The summed E-state index contributed by atoms with van der Waals surface area (Å²) in [5, 5.41) is 21.3. The predicted molar refractivity (Wildman–Crippen MR) is 137 cm³/mol. The van der Waals surface area contributed by atoms with Gasteiger partial charge in [-0.15, -0.1) is 0 Å². The molecule has 0 aliphatic rings. The van der Waals surface area contributed by atoms with E-state index >= 15 is 0 Å². The highest BCUT2D eigenvalue weighted by atomic mass is 15.0. The third-order valence-corrected chi connectivity index (χ3v) is 6.18. The number of para-hydroxylation sites is 1. The molecule has 2 aromatic heterocycles. The molecule has 0 aliphatic heterocycles. The van der Waals surface area contributed by atoms with Crippen LogP contribution in [0.1, 0.15) is 11.1 Å². The molecule has 35 heavy (non-hydrogen) atoms. The molecule has 0 saturated carbocycles. The molecule has 0 bridgehead atoms. The molecule has 0 saturated heterocycles. The van der Waals surface area contributed by atoms with Crippen LogP contribution in [0, 0.1) is 22.7 Å². The van der Waals surface area contributed by atoms with Crippen LogP contribution in [0.15, 0.2) is 103 Å². The monoisotopic (exact) mass is 447 g/mol. The molecule has 6 aromatic rings. The van der Waals surface area contributed by atoms with E-state index in [-0.39, 0.29) is 0 Å². The first-order valence-electron chi connectivity index (χ1n) is 11.1. The highest BCUT2D eigenvalue weighted by molar-refractivity contribution is 6.10. The van der Waals surface area contributed by atoms with E-state index in [1.807, 2.05) is 48.5 Å². The van der Waals surface area contributed by atoms with Gasteiger partial charge in [-0.3, -0.25) is 0 Å². The highest BCUT2D eigenvalue weighted by Crippen LogP contribution is 2.36. The van der Waals surface area contributed by atoms with Gasteiger partial charge in [0.1, 0.15) is 12.1 Å². The average molecular weight is 448 g/mol. The molecule has 4 aromatic carbocycles. The van der Waals surface area contributed by atoms with Gasteiger partial charge < -0.3 is 4.57 Å². The molecular weight excluding hydrogens is 430 g/mol. The molecule has 6 rings (SSSR count). The van der Waals surface area contributed by atoms with Crippen LogP contribution >= 0.6 is 0 Å². The zero-order valence-corrected chi connectivity index (χ0v) is 18.6. The molecule has 0 amide bonds. The van der Waals surface area contributed by atoms with Gasteiger partial charge in [0.25, 0.3) is 0 Å². The Hall–Kier alpha value is -5.26. The Morgan fingerprint density at radius 1 is 0.600 bits per heavy atom. The van der Waals surface area contributed by atoms with Crippen molar-refractivity contribution in [3.05, 3.63) is 115 Å². The second kappa shape index (κ2) is 8.26. The fraction of sp³-hybridized carbons (Fsp3) is 0. The van der Waals surface area contributed by atoms with Crippen LogP contribution in [0.4, 0.5) is 0 Å². The van der Waals surface area contributed by atoms with Crippen LogP contribution < -0.4 is 0 Å². The van der Waals surface area contributed by atoms with Gasteiger partial charge in [0.2, 0.25) is 0 Å². The molecule has 0 fully saturated rings. The molecule has 0 spiro atoms. The van der Waals surface area contributed by atoms with Crippen molar-refractivity contribution in [2.45, 2.75) is 0 Å². The molecule has 2 heterocycles. The van der Waals surface area contributed by atoms with Crippen molar-refractivity contribution >= 4 is 21.8 Å². The zero-order chi connectivity index (χ0) is 23.8. The maximum Gasteiger partial charge on any atom is 0.159 e. The Morgan fingerprint density at radius 3 is 2.09 bits per heavy atom. The fourth-order valence-electron chi connectivity index (χ4n) is 4.54. The molecule has 0 aliphatic carbocycles. The van der Waals surface area contributed by atoms with Crippen LogP contribution in [0.3, 0.4) is 0 Å². The second-order valence-electron chi connectivity index (χ2n) is 8.20. The summed E-state index contributed by atoms with van der Waals surface area (Å²) in [5.41, 5.74) is 6.81. The number of nitriles is 2. The number of benzene rings is 4. The number of nitrogens with zero attached hydrogens (tertiary/aromatic N) is 5. The fourth-order valence-corrected chi connectivity index (χ4v) is 4.54. The smallest absolute Gasteiger partial charge is 0.159 e. The van der Waals surface area contributed by atoms with Crippen LogP contribution in [0.2, 0.25) is 0 Å². The van der Waals surface area contributed by atoms with Gasteiger partial charge in [-0.2, -0.15) is 10.5 Å². The minimum atomic E-state index is 0.394. The lowest BCUT2D eigenvalue weighted by molar-refractivity contribution is 1.14. The molecule has 0 N–H and O–H groups in total. The number of fused-ring (bicyclic) bond motifs is 3. The summed E-state index contributed by atoms with van der Waals surface area (Å²) in [7, 11) is 0. The minimum Gasteiger partial charge on any atom is -0.308 e. The van der Waals surface area contributed by atoms with Crippen LogP contribution in [-0.4, -0.2) is 14.5 Å². The van der Waals surface area contributed by atoms with E-state index in [4.69, 9.17) is 5.26 Å². The number of hydrogen-bond acceptors (Lipinski definition) is 4. The summed E-state index contributed by atoms with van der Waals surface area (Å²) in [6, 6.07) is 35.1. The van der Waals surface area contributed by atoms with Crippen molar-refractivity contribution < 1.29 is 0 Å². The Bertz CT molecular complexity index is 1800. The highest BCUT2D eigenvalue weighted by Gasteiger charge is 2.16. The topological polar surface area (TPSA) is 78.3 Å². The van der Waals surface area contributed by atoms with E-state index in [1.54, 1.807) is 6.07 Å². The second-order valence-corrected chi connectivity index (χ2v) is 8.20. The predicted octanol–water partition coefficient (Wildman–Crippen LogP) is 6.65. The quantitative estimate of drug-likeness (QED) is 0.304. The lowest BCUT2D eigenvalue weighted by Crippen LogP contribution is -1.99. The molecular formula is C30H17N5. The summed E-state index contributed by atoms with van der Waals surface area (Å²) >= 11 is 0. The van der Waals surface area contributed by atoms with Crippen molar-refractivity contribution in [2.24, 2.45) is 0 Å². The van der Waals surface area contributed by atoms with E-state index < -0.39 is 0 Å². The first-order valence-corrected chi connectivity index (χ1v) is 11.1. The SMILES string of the molecule is N#Cc1cnc(-c2ccc(-n3c4ccccc4c4cc(-c5ccccc5)ccc43)c(C#N)c2)nc1. The standard InChI is InChI=1S/C30H17N5/c31-16-20-18-33-30(34-19-20)23-11-12-27(24(14-23)17-32)35-28-9-5-4-8-25(28)26-15-22(10-13-29(26)35)21-6-2-1-3-7-21/h1-15,18-19H. The van der Waals surface area contributed by atoms with Crippen LogP contribution in [-0.2, 0) is 0 Å². The molecule has 5 nitrogen and oxygen atoms in total. The van der Waals surface area contributed by atoms with E-state index in [2.05, 4.69) is 63.1 Å². The summed E-state index contributed by atoms with van der Waals surface area (Å²) in [6.07, 6.45) is 2.97. The normalized spacial score (nSPS) is 10.8. The maximum atomic E-state index is 10.1. The zero-order valence-electron chi connectivity index (χ0n) is 18.6. The van der Waals surface area contributed by atoms with Crippen molar-refractivity contribution in [1.29, 1.82) is 10.5 Å². The summed E-state index contributed by atoms with van der Waals surface area (Å²) in [6.45, 7) is 0. The van der Waals surface area contributed by atoms with Crippen molar-refractivity contribution in [2.75, 3.05) is 0 Å². The molecule has 0 unspecified atom stereocenters. The largest absolute Gasteiger partial charge is 0.308 e. The van der Waals surface area contributed by atoms with Crippen molar-refractivity contribution in [3.63, 3.8) is 0 Å². The summed E-state index contributed by atoms with van der Waals surface area (Å²) < 4.78 is 2.14. The van der Waals surface area contributed by atoms with Gasteiger partial charge >= 0.3 is 0 Å². The first-order chi connectivity index (χ1) is 17.3. The van der Waals surface area contributed by atoms with Gasteiger partial charge in [-0.1, -0.05) is 54.6 Å². The first kappa shape index (κ1) is 20.4. The minimum absolute atomic E-state index is 0.394. The van der Waals surface area contributed by atoms with Crippen LogP contribution in [0.25, 0.3) is 50.0 Å². The third-order valence-electron chi connectivity index (χ3n) is 6.18. The van der Waals surface area contributed by atoms with Gasteiger partial charge in [-0.25, -0.2) is 9.97 Å². The Balaban J connectivity index is 1.56. The number of aromatic nitrogens is 3. The van der Waals surface area contributed by atoms with E-state index in [9.17, 15) is 5.26 Å². The lowest BCUT2D eigenvalue weighted by Gasteiger charge is -2.11. The van der Waals surface area contributed by atoms with Gasteiger partial charge in [0, 0.05) is 28.7 Å². The van der Waals surface area contributed by atoms with Gasteiger partial charge in [-0.05, 0) is 47.5 Å². The average Bonchev–Trinajstić information content (AvgIpc) is 3.27. The number of rotatable bonds is 3. The lowest BCUT2D eigenvalue weighted by atomic mass is 10.0. The Morgan fingerprint density at radius 2 is 1.31 bits per heavy atom.